The zero-order valence-electron chi connectivity index (χ0n) is 11.2. The average molecular weight is 265 g/mol. The molecule has 1 N–H and O–H groups in total. The van der Waals surface area contributed by atoms with E-state index in [4.69, 9.17) is 5.11 Å². The van der Waals surface area contributed by atoms with Gasteiger partial charge < -0.3 is 5.11 Å². The van der Waals surface area contributed by atoms with Crippen LogP contribution in [-0.4, -0.2) is 29.1 Å². The van der Waals surface area contributed by atoms with E-state index in [9.17, 15) is 9.18 Å². The van der Waals surface area contributed by atoms with E-state index in [0.29, 0.717) is 6.54 Å². The molecule has 104 valence electrons. The molecule has 0 saturated heterocycles. The van der Waals surface area contributed by atoms with Crippen molar-refractivity contribution in [1.29, 1.82) is 0 Å². The summed E-state index contributed by atoms with van der Waals surface area (Å²) in [5.74, 6) is -1.10. The van der Waals surface area contributed by atoms with Crippen molar-refractivity contribution in [1.82, 2.24) is 4.90 Å². The summed E-state index contributed by atoms with van der Waals surface area (Å²) in [6.07, 6.45) is 3.91. The zero-order chi connectivity index (χ0) is 13.8. The van der Waals surface area contributed by atoms with E-state index in [-0.39, 0.29) is 5.56 Å². The van der Waals surface area contributed by atoms with Crippen LogP contribution >= 0.6 is 0 Å². The standard InChI is InChI=1S/C15H20FNO2/c1-2-17(9-11-4-3-5-11)10-12-6-7-14(16)13(8-12)15(18)19/h6-8,11H,2-5,9-10H2,1H3,(H,18,19). The maximum Gasteiger partial charge on any atom is 0.338 e. The third-order valence-corrected chi connectivity index (χ3v) is 3.86. The van der Waals surface area contributed by atoms with Crippen molar-refractivity contribution < 1.29 is 14.3 Å². The van der Waals surface area contributed by atoms with Gasteiger partial charge in [-0.15, -0.1) is 0 Å². The lowest BCUT2D eigenvalue weighted by atomic mass is 9.85. The number of hydrogen-bond donors (Lipinski definition) is 1. The van der Waals surface area contributed by atoms with Crippen LogP contribution in [0, 0.1) is 11.7 Å². The molecule has 0 bridgehead atoms. The Hall–Kier alpha value is -1.42. The van der Waals surface area contributed by atoms with Crippen LogP contribution in [0.2, 0.25) is 0 Å². The molecule has 1 aliphatic rings. The Morgan fingerprint density at radius 3 is 2.74 bits per heavy atom. The predicted octanol–water partition coefficient (Wildman–Crippen LogP) is 3.15. The molecule has 1 fully saturated rings. The van der Waals surface area contributed by atoms with Crippen molar-refractivity contribution in [2.24, 2.45) is 5.92 Å². The summed E-state index contributed by atoms with van der Waals surface area (Å²) in [5.41, 5.74) is 0.622. The first-order chi connectivity index (χ1) is 9.10. The van der Waals surface area contributed by atoms with Crippen molar-refractivity contribution in [2.45, 2.75) is 32.7 Å². The van der Waals surface area contributed by atoms with Crippen LogP contribution in [-0.2, 0) is 6.54 Å². The number of carboxylic acid groups (broad SMARTS) is 1. The fourth-order valence-electron chi connectivity index (χ4n) is 2.44. The molecule has 0 atom stereocenters. The van der Waals surface area contributed by atoms with Crippen molar-refractivity contribution in [2.75, 3.05) is 13.1 Å². The summed E-state index contributed by atoms with van der Waals surface area (Å²) >= 11 is 0. The molecule has 3 nitrogen and oxygen atoms in total. The molecule has 4 heteroatoms. The number of nitrogens with zero attached hydrogens (tertiary/aromatic N) is 1. The van der Waals surface area contributed by atoms with Gasteiger partial charge >= 0.3 is 5.97 Å². The van der Waals surface area contributed by atoms with E-state index in [0.717, 1.165) is 24.6 Å². The van der Waals surface area contributed by atoms with Gasteiger partial charge in [-0.25, -0.2) is 9.18 Å². The molecule has 0 amide bonds. The van der Waals surface area contributed by atoms with Gasteiger partial charge in [0.25, 0.3) is 0 Å². The molecular weight excluding hydrogens is 245 g/mol. The van der Waals surface area contributed by atoms with Crippen molar-refractivity contribution in [3.8, 4) is 0 Å². The van der Waals surface area contributed by atoms with E-state index >= 15 is 0 Å². The number of benzene rings is 1. The lowest BCUT2D eigenvalue weighted by Gasteiger charge is -2.31. The largest absolute Gasteiger partial charge is 0.478 e. The van der Waals surface area contributed by atoms with Gasteiger partial charge in [0, 0.05) is 13.1 Å². The highest BCUT2D eigenvalue weighted by molar-refractivity contribution is 5.88. The fraction of sp³-hybridized carbons (Fsp3) is 0.533. The summed E-state index contributed by atoms with van der Waals surface area (Å²) in [6, 6.07) is 4.36. The van der Waals surface area contributed by atoms with Gasteiger partial charge in [-0.2, -0.15) is 0 Å². The minimum absolute atomic E-state index is 0.239. The predicted molar refractivity (Wildman–Crippen MR) is 71.7 cm³/mol. The molecule has 1 aliphatic carbocycles. The van der Waals surface area contributed by atoms with Gasteiger partial charge in [0.15, 0.2) is 0 Å². The minimum atomic E-state index is -1.21. The first-order valence-electron chi connectivity index (χ1n) is 6.84. The van der Waals surface area contributed by atoms with Crippen LogP contribution in [0.15, 0.2) is 18.2 Å². The van der Waals surface area contributed by atoms with Crippen molar-refractivity contribution >= 4 is 5.97 Å². The van der Waals surface area contributed by atoms with E-state index < -0.39 is 11.8 Å². The molecule has 0 heterocycles. The quantitative estimate of drug-likeness (QED) is 0.859. The molecule has 1 aromatic rings. The summed E-state index contributed by atoms with van der Waals surface area (Å²) in [6.45, 7) is 4.76. The Kier molecular flexibility index (Phi) is 4.53. The monoisotopic (exact) mass is 265 g/mol. The molecule has 2 rings (SSSR count). The Labute approximate surface area is 113 Å². The first-order valence-corrected chi connectivity index (χ1v) is 6.84. The number of hydrogen-bond acceptors (Lipinski definition) is 2. The highest BCUT2D eigenvalue weighted by Gasteiger charge is 2.20. The molecule has 19 heavy (non-hydrogen) atoms. The molecule has 1 aromatic carbocycles. The molecule has 0 unspecified atom stereocenters. The Morgan fingerprint density at radius 1 is 1.47 bits per heavy atom. The first kappa shape index (κ1) is 14.0. The smallest absolute Gasteiger partial charge is 0.338 e. The molecule has 1 saturated carbocycles. The van der Waals surface area contributed by atoms with Gasteiger partial charge in [-0.05, 0) is 43.0 Å². The SMILES string of the molecule is CCN(Cc1ccc(F)c(C(=O)O)c1)CC1CCC1. The summed E-state index contributed by atoms with van der Waals surface area (Å²) in [4.78, 5) is 13.2. The van der Waals surface area contributed by atoms with E-state index in [2.05, 4.69) is 11.8 Å². The highest BCUT2D eigenvalue weighted by Crippen LogP contribution is 2.27. The topological polar surface area (TPSA) is 40.5 Å². The van der Waals surface area contributed by atoms with Gasteiger partial charge in [-0.3, -0.25) is 4.90 Å². The third kappa shape index (κ3) is 3.53. The van der Waals surface area contributed by atoms with Crippen molar-refractivity contribution in [3.63, 3.8) is 0 Å². The summed E-state index contributed by atoms with van der Waals surface area (Å²) in [5, 5.41) is 8.92. The van der Waals surface area contributed by atoms with Gasteiger partial charge in [0.1, 0.15) is 5.82 Å². The zero-order valence-corrected chi connectivity index (χ0v) is 11.2. The molecule has 0 aliphatic heterocycles. The molecule has 0 aromatic heterocycles. The van der Waals surface area contributed by atoms with Crippen molar-refractivity contribution in [3.05, 3.63) is 35.1 Å². The van der Waals surface area contributed by atoms with Gasteiger partial charge in [0.05, 0.1) is 5.56 Å². The van der Waals surface area contributed by atoms with Crippen LogP contribution in [0.5, 0.6) is 0 Å². The van der Waals surface area contributed by atoms with E-state index in [1.54, 1.807) is 6.07 Å². The number of rotatable bonds is 6. The maximum absolute atomic E-state index is 13.3. The maximum atomic E-state index is 13.3. The molecule has 0 spiro atoms. The van der Waals surface area contributed by atoms with Crippen LogP contribution in [0.25, 0.3) is 0 Å². The van der Waals surface area contributed by atoms with E-state index in [1.165, 1.54) is 31.4 Å². The Bertz CT molecular complexity index is 457. The third-order valence-electron chi connectivity index (χ3n) is 3.86. The number of carbonyl (C=O) groups is 1. The Balaban J connectivity index is 2.03. The fourth-order valence-corrected chi connectivity index (χ4v) is 2.44. The molecule has 0 radical (unpaired) electrons. The van der Waals surface area contributed by atoms with Crippen LogP contribution < -0.4 is 0 Å². The second-order valence-electron chi connectivity index (χ2n) is 5.24. The van der Waals surface area contributed by atoms with E-state index in [1.807, 2.05) is 0 Å². The highest BCUT2D eigenvalue weighted by atomic mass is 19.1. The number of carboxylic acids is 1. The minimum Gasteiger partial charge on any atom is -0.478 e. The normalized spacial score (nSPS) is 15.5. The summed E-state index contributed by atoms with van der Waals surface area (Å²) < 4.78 is 13.3. The van der Waals surface area contributed by atoms with Crippen LogP contribution in [0.3, 0.4) is 0 Å². The summed E-state index contributed by atoms with van der Waals surface area (Å²) in [7, 11) is 0. The molecular formula is C15H20FNO2. The number of halogens is 1. The van der Waals surface area contributed by atoms with Crippen LogP contribution in [0.4, 0.5) is 4.39 Å². The number of aromatic carboxylic acids is 1. The second-order valence-corrected chi connectivity index (χ2v) is 5.24. The lowest BCUT2D eigenvalue weighted by Crippen LogP contribution is -2.32. The van der Waals surface area contributed by atoms with Crippen LogP contribution in [0.1, 0.15) is 42.1 Å². The van der Waals surface area contributed by atoms with Gasteiger partial charge in [-0.1, -0.05) is 19.4 Å². The lowest BCUT2D eigenvalue weighted by molar-refractivity contribution is 0.0691. The Morgan fingerprint density at radius 2 is 2.21 bits per heavy atom. The average Bonchev–Trinajstić information content (AvgIpc) is 2.33. The van der Waals surface area contributed by atoms with Gasteiger partial charge in [0.2, 0.25) is 0 Å². The second kappa shape index (κ2) is 6.15.